The van der Waals surface area contributed by atoms with E-state index in [2.05, 4.69) is 15.3 Å². The standard InChI is InChI=1S/C20H14N4O2/c21-13-5-3-7-15-16(13)12(9-23-15)18-17(19(25)24-20(18)26)11-8-22-14-6-2-1-4-10(11)14/h1-9,22-23H,21H2,(H,24,25,26). The van der Waals surface area contributed by atoms with Crippen molar-refractivity contribution >= 4 is 50.5 Å². The number of H-pyrrole nitrogens is 2. The molecule has 0 aliphatic carbocycles. The minimum Gasteiger partial charge on any atom is -0.398 e. The van der Waals surface area contributed by atoms with Gasteiger partial charge in [0.05, 0.1) is 11.1 Å². The first-order valence-corrected chi connectivity index (χ1v) is 8.17. The summed E-state index contributed by atoms with van der Waals surface area (Å²) in [6, 6.07) is 13.2. The van der Waals surface area contributed by atoms with Gasteiger partial charge in [0.25, 0.3) is 11.8 Å². The monoisotopic (exact) mass is 342 g/mol. The van der Waals surface area contributed by atoms with E-state index in [-0.39, 0.29) is 0 Å². The molecule has 2 aromatic heterocycles. The lowest BCUT2D eigenvalue weighted by molar-refractivity contribution is -0.122. The molecule has 1 aliphatic heterocycles. The number of hydrogen-bond acceptors (Lipinski definition) is 3. The predicted octanol–water partition coefficient (Wildman–Crippen LogP) is 2.80. The fraction of sp³-hybridized carbons (Fsp3) is 0. The summed E-state index contributed by atoms with van der Waals surface area (Å²) in [7, 11) is 0. The Kier molecular flexibility index (Phi) is 2.85. The first-order chi connectivity index (χ1) is 12.6. The minimum absolute atomic E-state index is 0.337. The first kappa shape index (κ1) is 14.5. The van der Waals surface area contributed by atoms with Crippen LogP contribution in [0.5, 0.6) is 0 Å². The Morgan fingerprint density at radius 2 is 1.38 bits per heavy atom. The molecule has 0 fully saturated rings. The summed E-state index contributed by atoms with van der Waals surface area (Å²) < 4.78 is 0. The fourth-order valence-corrected chi connectivity index (χ4v) is 3.66. The Morgan fingerprint density at radius 1 is 0.731 bits per heavy atom. The number of nitrogen functional groups attached to an aromatic ring is 1. The molecule has 0 saturated heterocycles. The van der Waals surface area contributed by atoms with Crippen molar-refractivity contribution in [2.24, 2.45) is 0 Å². The van der Waals surface area contributed by atoms with E-state index >= 15 is 0 Å². The molecule has 126 valence electrons. The number of para-hydroxylation sites is 1. The van der Waals surface area contributed by atoms with Crippen molar-refractivity contribution in [2.45, 2.75) is 0 Å². The van der Waals surface area contributed by atoms with Gasteiger partial charge < -0.3 is 15.7 Å². The number of hydrogen-bond donors (Lipinski definition) is 4. The van der Waals surface area contributed by atoms with Gasteiger partial charge in [0, 0.05) is 51.0 Å². The summed E-state index contributed by atoms with van der Waals surface area (Å²) in [5.41, 5.74) is 10.4. The van der Waals surface area contributed by atoms with Gasteiger partial charge in [-0.2, -0.15) is 0 Å². The van der Waals surface area contributed by atoms with Crippen LogP contribution < -0.4 is 11.1 Å². The number of nitrogens with one attached hydrogen (secondary N) is 3. The number of aromatic amines is 2. The number of nitrogens with two attached hydrogens (primary N) is 1. The van der Waals surface area contributed by atoms with E-state index in [0.29, 0.717) is 28.0 Å². The van der Waals surface area contributed by atoms with Crippen LogP contribution in [-0.4, -0.2) is 21.8 Å². The molecule has 0 unspecified atom stereocenters. The molecule has 1 aliphatic rings. The van der Waals surface area contributed by atoms with Crippen molar-refractivity contribution in [1.29, 1.82) is 0 Å². The summed E-state index contributed by atoms with van der Waals surface area (Å²) in [5, 5.41) is 4.05. The van der Waals surface area contributed by atoms with E-state index in [1.165, 1.54) is 0 Å². The van der Waals surface area contributed by atoms with Crippen LogP contribution in [0.4, 0.5) is 5.69 Å². The van der Waals surface area contributed by atoms with Gasteiger partial charge in [-0.05, 0) is 18.2 Å². The predicted molar refractivity (Wildman–Crippen MR) is 101 cm³/mol. The maximum atomic E-state index is 12.6. The zero-order chi connectivity index (χ0) is 17.8. The number of fused-ring (bicyclic) bond motifs is 2. The number of amides is 2. The molecule has 2 amide bonds. The SMILES string of the molecule is Nc1cccc2[nH]cc(C3=C(c4c[nH]c5ccccc45)C(=O)NC3=O)c12. The molecular weight excluding hydrogens is 328 g/mol. The van der Waals surface area contributed by atoms with Gasteiger partial charge in [-0.15, -0.1) is 0 Å². The smallest absolute Gasteiger partial charge is 0.259 e. The highest BCUT2D eigenvalue weighted by atomic mass is 16.2. The largest absolute Gasteiger partial charge is 0.398 e. The van der Waals surface area contributed by atoms with Gasteiger partial charge in [0.1, 0.15) is 0 Å². The number of rotatable bonds is 2. The Balaban J connectivity index is 1.87. The second-order valence-corrected chi connectivity index (χ2v) is 6.25. The maximum absolute atomic E-state index is 12.6. The molecule has 5 rings (SSSR count). The summed E-state index contributed by atoms with van der Waals surface area (Å²) in [4.78, 5) is 31.5. The van der Waals surface area contributed by atoms with Crippen LogP contribution in [0.3, 0.4) is 0 Å². The summed E-state index contributed by atoms with van der Waals surface area (Å²) in [6.07, 6.45) is 3.49. The van der Waals surface area contributed by atoms with E-state index in [4.69, 9.17) is 5.73 Å². The lowest BCUT2D eigenvalue weighted by Gasteiger charge is -2.04. The first-order valence-electron chi connectivity index (χ1n) is 8.17. The van der Waals surface area contributed by atoms with Crippen LogP contribution in [0.25, 0.3) is 33.0 Å². The molecule has 4 aromatic rings. The van der Waals surface area contributed by atoms with Crippen molar-refractivity contribution in [2.75, 3.05) is 5.73 Å². The van der Waals surface area contributed by atoms with Gasteiger partial charge in [0.2, 0.25) is 0 Å². The van der Waals surface area contributed by atoms with Crippen LogP contribution in [-0.2, 0) is 9.59 Å². The highest BCUT2D eigenvalue weighted by Gasteiger charge is 2.34. The molecule has 0 atom stereocenters. The molecule has 0 radical (unpaired) electrons. The Morgan fingerprint density at radius 3 is 2.23 bits per heavy atom. The summed E-state index contributed by atoms with van der Waals surface area (Å²) >= 11 is 0. The Hall–Kier alpha value is -3.80. The van der Waals surface area contributed by atoms with Crippen LogP contribution in [0.15, 0.2) is 54.9 Å². The van der Waals surface area contributed by atoms with Crippen LogP contribution in [0.1, 0.15) is 11.1 Å². The van der Waals surface area contributed by atoms with E-state index in [1.807, 2.05) is 36.4 Å². The van der Waals surface area contributed by atoms with E-state index in [0.717, 1.165) is 21.8 Å². The van der Waals surface area contributed by atoms with Crippen LogP contribution >= 0.6 is 0 Å². The minimum atomic E-state index is -0.417. The topological polar surface area (TPSA) is 104 Å². The van der Waals surface area contributed by atoms with Crippen molar-refractivity contribution in [3.05, 3.63) is 66.0 Å². The maximum Gasteiger partial charge on any atom is 0.259 e. The van der Waals surface area contributed by atoms with Gasteiger partial charge >= 0.3 is 0 Å². The van der Waals surface area contributed by atoms with E-state index < -0.39 is 11.8 Å². The quantitative estimate of drug-likeness (QED) is 0.333. The fourth-order valence-electron chi connectivity index (χ4n) is 3.66. The molecule has 26 heavy (non-hydrogen) atoms. The highest BCUT2D eigenvalue weighted by Crippen LogP contribution is 2.38. The molecule has 3 heterocycles. The van der Waals surface area contributed by atoms with Gasteiger partial charge in [0.15, 0.2) is 0 Å². The molecule has 6 heteroatoms. The lowest BCUT2D eigenvalue weighted by Crippen LogP contribution is -2.22. The van der Waals surface area contributed by atoms with Crippen molar-refractivity contribution in [1.82, 2.24) is 15.3 Å². The van der Waals surface area contributed by atoms with Crippen LogP contribution in [0, 0.1) is 0 Å². The Labute approximate surface area is 147 Å². The average molecular weight is 342 g/mol. The van der Waals surface area contributed by atoms with Crippen molar-refractivity contribution < 1.29 is 9.59 Å². The second-order valence-electron chi connectivity index (χ2n) is 6.25. The third-order valence-electron chi connectivity index (χ3n) is 4.80. The zero-order valence-corrected chi connectivity index (χ0v) is 13.6. The number of carbonyl (C=O) groups excluding carboxylic acids is 2. The average Bonchev–Trinajstić information content (AvgIpc) is 3.30. The third kappa shape index (κ3) is 1.86. The third-order valence-corrected chi connectivity index (χ3v) is 4.80. The molecule has 0 spiro atoms. The zero-order valence-electron chi connectivity index (χ0n) is 13.6. The number of aromatic nitrogens is 2. The van der Waals surface area contributed by atoms with Crippen molar-refractivity contribution in [3.63, 3.8) is 0 Å². The molecular formula is C20H14N4O2. The summed E-state index contributed by atoms with van der Waals surface area (Å²) in [5.74, 6) is -0.821. The molecule has 2 aromatic carbocycles. The van der Waals surface area contributed by atoms with E-state index in [1.54, 1.807) is 18.5 Å². The lowest BCUT2D eigenvalue weighted by atomic mass is 9.95. The van der Waals surface area contributed by atoms with E-state index in [9.17, 15) is 9.59 Å². The normalized spacial score (nSPS) is 14.6. The Bertz CT molecular complexity index is 1260. The molecule has 6 nitrogen and oxygen atoms in total. The second kappa shape index (κ2) is 5.10. The van der Waals surface area contributed by atoms with Crippen LogP contribution in [0.2, 0.25) is 0 Å². The summed E-state index contributed by atoms with van der Waals surface area (Å²) in [6.45, 7) is 0. The van der Waals surface area contributed by atoms with Gasteiger partial charge in [-0.3, -0.25) is 14.9 Å². The molecule has 0 saturated carbocycles. The van der Waals surface area contributed by atoms with Gasteiger partial charge in [-0.25, -0.2) is 0 Å². The molecule has 5 N–H and O–H groups in total. The number of carbonyl (C=O) groups is 2. The molecule has 0 bridgehead atoms. The number of anilines is 1. The van der Waals surface area contributed by atoms with Gasteiger partial charge in [-0.1, -0.05) is 24.3 Å². The number of benzene rings is 2. The highest BCUT2D eigenvalue weighted by molar-refractivity contribution is 6.51. The number of imide groups is 1. The van der Waals surface area contributed by atoms with Crippen molar-refractivity contribution in [3.8, 4) is 0 Å².